The molecule has 0 bridgehead atoms. The highest BCUT2D eigenvalue weighted by atomic mass is 16.4. The number of unbranched alkanes of at least 4 members (excludes halogenated alkanes) is 1. The number of carboxylic acids is 1. The van der Waals surface area contributed by atoms with E-state index < -0.39 is 91.2 Å². The lowest BCUT2D eigenvalue weighted by Gasteiger charge is -2.25. The largest absolute Gasteiger partial charge is 0.478 e. The second-order valence-electron chi connectivity index (χ2n) is 20.7. The highest BCUT2D eigenvalue weighted by Crippen LogP contribution is 2.21. The lowest BCUT2D eigenvalue weighted by Crippen LogP contribution is -2.33. The summed E-state index contributed by atoms with van der Waals surface area (Å²) in [7, 11) is 0. The van der Waals surface area contributed by atoms with Crippen molar-refractivity contribution in [1.82, 2.24) is 0 Å². The molecule has 16 atom stereocenters. The predicted octanol–water partition coefficient (Wildman–Crippen LogP) is 5.03. The first-order valence-corrected chi connectivity index (χ1v) is 28.2. The van der Waals surface area contributed by atoms with Gasteiger partial charge in [0.05, 0.1) is 79.4 Å². The molecule has 0 saturated carbocycles. The van der Waals surface area contributed by atoms with Gasteiger partial charge in [0.25, 0.3) is 0 Å². The topological polar surface area (TPSA) is 365 Å². The molecule has 0 aliphatic carbocycles. The summed E-state index contributed by atoms with van der Waals surface area (Å²) < 4.78 is 0. The van der Waals surface area contributed by atoms with Gasteiger partial charge in [-0.15, -0.1) is 0 Å². The second kappa shape index (κ2) is 47.3. The number of aliphatic carboxylic acids is 1. The molecule has 16 unspecified atom stereocenters. The van der Waals surface area contributed by atoms with Crippen molar-refractivity contribution in [2.75, 3.05) is 6.54 Å². The molecule has 0 aromatic heterocycles. The SMILES string of the molecule is C\C(=C/C=C/C=C/CC/C=C/C(C)C(O)C(C)C(O)/C=C/C=C/C=C/C=C/C=C/C=C/CC(O)C(C)C(O)CC(O)CC(O)/C=C/CC(O)CC(O)CC(O)/C=C/CC(O)CC(O)/C=C/CC(O)CC(O)CCCN=C(N)N)C(=O)O. The zero-order chi connectivity index (χ0) is 61.0. The first-order chi connectivity index (χ1) is 38.4. The van der Waals surface area contributed by atoms with E-state index in [1.165, 1.54) is 43.4 Å². The summed E-state index contributed by atoms with van der Waals surface area (Å²) in [5, 5.41) is 144. The van der Waals surface area contributed by atoms with Crippen LogP contribution in [-0.4, -0.2) is 169 Å². The van der Waals surface area contributed by atoms with Crippen LogP contribution in [0.4, 0.5) is 0 Å². The average molecular weight is 1140 g/mol. The number of nitrogens with two attached hydrogens (primary N) is 2. The standard InChI is InChI=1S/C63H101N3O15/c1-45(27-19-15-11-10-12-16-20-28-46(2)62(80)81)61(79)48(4)59(77)37-22-18-14-9-7-5-6-8-13-17-21-36-58(76)47(3)60(78)44-57(75)43-54(72)34-25-33-53(71)42-56(74)41-52(70)32-24-31-50(68)39-49(67)29-23-30-51(69)40-55(73)35-26-38-66-63(64)65/h5-10,12-14,16-25,27-29,32,34,37,45,47-61,67-79H,11,15,26,30-31,33,35-36,38-44H2,1-4H3,(H,80,81)(H4,64,65,66)/b6-5+,9-7+,12-10+,13-8+,18-14+,20-16+,21-17+,27-19+,29-23+,32-24+,34-25+,37-22+,46-28+. The minimum atomic E-state index is -1.08. The smallest absolute Gasteiger partial charge is 0.331 e. The van der Waals surface area contributed by atoms with E-state index in [4.69, 9.17) is 16.6 Å². The number of allylic oxidation sites excluding steroid dienone is 16. The lowest BCUT2D eigenvalue weighted by molar-refractivity contribution is -0.132. The van der Waals surface area contributed by atoms with Crippen LogP contribution < -0.4 is 11.5 Å². The number of aliphatic hydroxyl groups is 13. The summed E-state index contributed by atoms with van der Waals surface area (Å²) in [5.41, 5.74) is 10.8. The molecule has 0 heterocycles. The molecule has 0 aromatic carbocycles. The minimum absolute atomic E-state index is 0.00751. The Morgan fingerprint density at radius 3 is 1.42 bits per heavy atom. The summed E-state index contributed by atoms with van der Waals surface area (Å²) in [6, 6.07) is 0. The molecular formula is C63H101N3O15. The van der Waals surface area contributed by atoms with E-state index in [9.17, 15) is 71.2 Å². The van der Waals surface area contributed by atoms with Crippen LogP contribution in [0.2, 0.25) is 0 Å². The van der Waals surface area contributed by atoms with Gasteiger partial charge < -0.3 is 83.0 Å². The van der Waals surface area contributed by atoms with Crippen LogP contribution in [0, 0.1) is 17.8 Å². The minimum Gasteiger partial charge on any atom is -0.478 e. The molecule has 81 heavy (non-hydrogen) atoms. The Labute approximate surface area is 481 Å². The van der Waals surface area contributed by atoms with Crippen molar-refractivity contribution in [2.24, 2.45) is 34.2 Å². The fraction of sp³-hybridized carbons (Fsp3) is 0.556. The first kappa shape index (κ1) is 75.8. The molecule has 18 N–H and O–H groups in total. The molecule has 18 heteroatoms. The summed E-state index contributed by atoms with van der Waals surface area (Å²) in [6.07, 6.45) is 34.0. The van der Waals surface area contributed by atoms with E-state index in [1.54, 1.807) is 68.5 Å². The van der Waals surface area contributed by atoms with Crippen molar-refractivity contribution < 1.29 is 76.3 Å². The van der Waals surface area contributed by atoms with Crippen LogP contribution in [-0.2, 0) is 4.79 Å². The quantitative estimate of drug-likeness (QED) is 0.00949. The number of nitrogens with zero attached hydrogens (tertiary/aromatic N) is 1. The van der Waals surface area contributed by atoms with Gasteiger partial charge in [0, 0.05) is 49.1 Å². The van der Waals surface area contributed by atoms with Crippen LogP contribution >= 0.6 is 0 Å². The number of hydrogen-bond acceptors (Lipinski definition) is 15. The van der Waals surface area contributed by atoms with Crippen molar-refractivity contribution in [3.05, 3.63) is 157 Å². The van der Waals surface area contributed by atoms with E-state index in [0.717, 1.165) is 12.8 Å². The molecule has 458 valence electrons. The van der Waals surface area contributed by atoms with Crippen LogP contribution in [0.3, 0.4) is 0 Å². The highest BCUT2D eigenvalue weighted by molar-refractivity contribution is 5.86. The molecule has 0 saturated heterocycles. The molecule has 0 spiro atoms. The number of rotatable bonds is 45. The monoisotopic (exact) mass is 1140 g/mol. The highest BCUT2D eigenvalue weighted by Gasteiger charge is 2.26. The van der Waals surface area contributed by atoms with Gasteiger partial charge in [-0.25, -0.2) is 4.79 Å². The van der Waals surface area contributed by atoms with E-state index in [2.05, 4.69) is 4.99 Å². The lowest BCUT2D eigenvalue weighted by atomic mass is 9.88. The van der Waals surface area contributed by atoms with Gasteiger partial charge in [0.2, 0.25) is 0 Å². The molecule has 0 aromatic rings. The van der Waals surface area contributed by atoms with Gasteiger partial charge in [-0.1, -0.05) is 173 Å². The zero-order valence-corrected chi connectivity index (χ0v) is 48.0. The first-order valence-electron chi connectivity index (χ1n) is 28.2. The van der Waals surface area contributed by atoms with Crippen molar-refractivity contribution in [2.45, 2.75) is 197 Å². The third-order valence-corrected chi connectivity index (χ3v) is 13.1. The Hall–Kier alpha value is -5.16. The van der Waals surface area contributed by atoms with Gasteiger partial charge in [0.15, 0.2) is 5.96 Å². The summed E-state index contributed by atoms with van der Waals surface area (Å²) in [6.45, 7) is 7.29. The molecule has 0 aliphatic rings. The number of guanidine groups is 1. The van der Waals surface area contributed by atoms with Crippen LogP contribution in [0.1, 0.15) is 118 Å². The van der Waals surface area contributed by atoms with Gasteiger partial charge in [-0.3, -0.25) is 4.99 Å². The summed E-state index contributed by atoms with van der Waals surface area (Å²) in [4.78, 5) is 14.6. The number of carbonyl (C=O) groups is 1. The predicted molar refractivity (Wildman–Crippen MR) is 322 cm³/mol. The Morgan fingerprint density at radius 2 is 0.889 bits per heavy atom. The molecule has 0 amide bonds. The van der Waals surface area contributed by atoms with E-state index in [1.807, 2.05) is 67.7 Å². The van der Waals surface area contributed by atoms with Crippen molar-refractivity contribution in [3.8, 4) is 0 Å². The number of aliphatic imine (C=N–C) groups is 1. The van der Waals surface area contributed by atoms with Crippen LogP contribution in [0.25, 0.3) is 0 Å². The fourth-order valence-electron chi connectivity index (χ4n) is 7.95. The second-order valence-corrected chi connectivity index (χ2v) is 20.7. The molecule has 18 nitrogen and oxygen atoms in total. The molecule has 0 radical (unpaired) electrons. The van der Waals surface area contributed by atoms with E-state index >= 15 is 0 Å². The van der Waals surface area contributed by atoms with Crippen LogP contribution in [0.15, 0.2) is 162 Å². The zero-order valence-electron chi connectivity index (χ0n) is 48.0. The summed E-state index contributed by atoms with van der Waals surface area (Å²) in [5.74, 6) is -2.07. The van der Waals surface area contributed by atoms with Gasteiger partial charge in [-0.2, -0.15) is 0 Å². The fourth-order valence-corrected chi connectivity index (χ4v) is 7.95. The van der Waals surface area contributed by atoms with Gasteiger partial charge in [0.1, 0.15) is 0 Å². The third-order valence-electron chi connectivity index (χ3n) is 13.1. The molecule has 0 aliphatic heterocycles. The van der Waals surface area contributed by atoms with Crippen LogP contribution in [0.5, 0.6) is 0 Å². The Morgan fingerprint density at radius 1 is 0.444 bits per heavy atom. The third kappa shape index (κ3) is 43.2. The van der Waals surface area contributed by atoms with Crippen molar-refractivity contribution >= 4 is 11.9 Å². The van der Waals surface area contributed by atoms with E-state index in [-0.39, 0.29) is 87.6 Å². The normalized spacial score (nSPS) is 19.5. The molecule has 0 fully saturated rings. The number of hydrogen-bond donors (Lipinski definition) is 16. The maximum absolute atomic E-state index is 10.8. The Balaban J connectivity index is 4.48. The maximum atomic E-state index is 10.8. The average Bonchev–Trinajstić information content (AvgIpc) is 3.39. The molecular weight excluding hydrogens is 1040 g/mol. The van der Waals surface area contributed by atoms with Gasteiger partial charge >= 0.3 is 5.97 Å². The van der Waals surface area contributed by atoms with Gasteiger partial charge in [-0.05, 0) is 77.6 Å². The molecule has 0 rings (SSSR count). The number of carboxylic acid groups (broad SMARTS) is 1. The number of aliphatic hydroxyl groups excluding tert-OH is 13. The van der Waals surface area contributed by atoms with Crippen molar-refractivity contribution in [1.29, 1.82) is 0 Å². The summed E-state index contributed by atoms with van der Waals surface area (Å²) >= 11 is 0. The van der Waals surface area contributed by atoms with E-state index in [0.29, 0.717) is 19.4 Å². The maximum Gasteiger partial charge on any atom is 0.331 e. The Bertz CT molecular complexity index is 2090. The Kier molecular flexibility index (Phi) is 44.3. The van der Waals surface area contributed by atoms with Crippen molar-refractivity contribution in [3.63, 3.8) is 0 Å².